The lowest BCUT2D eigenvalue weighted by Gasteiger charge is -2.19. The van der Waals surface area contributed by atoms with Gasteiger partial charge in [0.25, 0.3) is 0 Å². The van der Waals surface area contributed by atoms with E-state index in [2.05, 4.69) is 0 Å². The van der Waals surface area contributed by atoms with Crippen LogP contribution in [0.3, 0.4) is 0 Å². The van der Waals surface area contributed by atoms with Gasteiger partial charge in [-0.25, -0.2) is 17.6 Å². The van der Waals surface area contributed by atoms with Gasteiger partial charge in [0.15, 0.2) is 17.5 Å². The first kappa shape index (κ1) is 19.4. The molecule has 1 unspecified atom stereocenters. The normalized spacial score (nSPS) is 12.6. The molecule has 0 heterocycles. The van der Waals surface area contributed by atoms with E-state index in [-0.39, 0.29) is 17.4 Å². The highest BCUT2D eigenvalue weighted by atomic mass is 19.2. The molecule has 0 aliphatic heterocycles. The van der Waals surface area contributed by atoms with Crippen LogP contribution in [0, 0.1) is 23.4 Å². The standard InChI is InChI=1S/C17H18F5NO2/c1-2-3-9(7-18)6-11-10-4-5-13(23(24)25)16(21)14(10)17(22)15(20)12(11)8-19/h4-5,9,24-25H,2-3,6-8H2,1H3. The van der Waals surface area contributed by atoms with Crippen molar-refractivity contribution in [1.82, 2.24) is 0 Å². The molecular weight excluding hydrogens is 345 g/mol. The van der Waals surface area contributed by atoms with Crippen molar-refractivity contribution < 1.29 is 32.4 Å². The van der Waals surface area contributed by atoms with Gasteiger partial charge in [0.05, 0.1) is 12.1 Å². The lowest BCUT2D eigenvalue weighted by Crippen LogP contribution is -2.15. The minimum atomic E-state index is -1.63. The van der Waals surface area contributed by atoms with E-state index in [0.717, 1.165) is 12.1 Å². The molecule has 0 bridgehead atoms. The van der Waals surface area contributed by atoms with Crippen molar-refractivity contribution in [2.45, 2.75) is 32.9 Å². The Hall–Kier alpha value is -1.93. The van der Waals surface area contributed by atoms with Crippen molar-refractivity contribution in [3.8, 4) is 0 Å². The average molecular weight is 363 g/mol. The Bertz CT molecular complexity index is 767. The van der Waals surface area contributed by atoms with Crippen LogP contribution in [0.2, 0.25) is 0 Å². The van der Waals surface area contributed by atoms with Crippen molar-refractivity contribution in [3.05, 3.63) is 40.7 Å². The number of anilines is 1. The molecule has 2 aromatic carbocycles. The van der Waals surface area contributed by atoms with Crippen LogP contribution in [-0.4, -0.2) is 17.1 Å². The molecule has 0 fully saturated rings. The largest absolute Gasteiger partial charge is 0.264 e. The van der Waals surface area contributed by atoms with E-state index in [1.54, 1.807) is 0 Å². The van der Waals surface area contributed by atoms with E-state index in [1.165, 1.54) is 0 Å². The molecule has 25 heavy (non-hydrogen) atoms. The molecule has 138 valence electrons. The maximum atomic E-state index is 14.4. The summed E-state index contributed by atoms with van der Waals surface area (Å²) in [6.45, 7) is -0.235. The second kappa shape index (κ2) is 7.97. The van der Waals surface area contributed by atoms with Crippen LogP contribution in [0.5, 0.6) is 0 Å². The Kier molecular flexibility index (Phi) is 6.18. The first-order valence-electron chi connectivity index (χ1n) is 7.77. The van der Waals surface area contributed by atoms with E-state index in [4.69, 9.17) is 10.4 Å². The number of fused-ring (bicyclic) bond motifs is 1. The quantitative estimate of drug-likeness (QED) is 0.522. The summed E-state index contributed by atoms with van der Waals surface area (Å²) in [6, 6.07) is 2.07. The van der Waals surface area contributed by atoms with Crippen molar-refractivity contribution in [3.63, 3.8) is 0 Å². The molecule has 8 heteroatoms. The van der Waals surface area contributed by atoms with Gasteiger partial charge >= 0.3 is 0 Å². The van der Waals surface area contributed by atoms with Gasteiger partial charge in [0, 0.05) is 5.56 Å². The van der Waals surface area contributed by atoms with E-state index >= 15 is 0 Å². The Morgan fingerprint density at radius 2 is 1.68 bits per heavy atom. The molecule has 0 spiro atoms. The number of hydrogen-bond donors (Lipinski definition) is 2. The van der Waals surface area contributed by atoms with Crippen LogP contribution < -0.4 is 5.23 Å². The molecule has 2 rings (SSSR count). The third-order valence-corrected chi connectivity index (χ3v) is 4.25. The van der Waals surface area contributed by atoms with E-state index in [9.17, 15) is 22.0 Å². The van der Waals surface area contributed by atoms with Crippen LogP contribution in [0.15, 0.2) is 12.1 Å². The second-order valence-corrected chi connectivity index (χ2v) is 5.84. The van der Waals surface area contributed by atoms with Gasteiger partial charge in [0.1, 0.15) is 12.4 Å². The van der Waals surface area contributed by atoms with E-state index < -0.39 is 58.6 Å². The maximum absolute atomic E-state index is 14.4. The second-order valence-electron chi connectivity index (χ2n) is 5.84. The van der Waals surface area contributed by atoms with Gasteiger partial charge in [0.2, 0.25) is 0 Å². The molecule has 0 saturated carbocycles. The first-order chi connectivity index (χ1) is 11.9. The number of benzene rings is 2. The van der Waals surface area contributed by atoms with Gasteiger partial charge in [-0.2, -0.15) is 0 Å². The van der Waals surface area contributed by atoms with Crippen LogP contribution >= 0.6 is 0 Å². The summed E-state index contributed by atoms with van der Waals surface area (Å²) in [5.41, 5.74) is -1.38. The highest BCUT2D eigenvalue weighted by Crippen LogP contribution is 2.36. The van der Waals surface area contributed by atoms with Crippen molar-refractivity contribution in [2.24, 2.45) is 5.92 Å². The minimum Gasteiger partial charge on any atom is -0.264 e. The average Bonchev–Trinajstić information content (AvgIpc) is 2.58. The highest BCUT2D eigenvalue weighted by Gasteiger charge is 2.26. The fraction of sp³-hybridized carbons (Fsp3) is 0.412. The van der Waals surface area contributed by atoms with Gasteiger partial charge in [-0.15, -0.1) is 5.23 Å². The lowest BCUT2D eigenvalue weighted by molar-refractivity contribution is 0.0274. The number of nitrogens with zero attached hydrogens (tertiary/aromatic N) is 1. The van der Waals surface area contributed by atoms with Crippen LogP contribution in [0.4, 0.5) is 27.6 Å². The molecule has 0 saturated heterocycles. The predicted molar refractivity (Wildman–Crippen MR) is 82.8 cm³/mol. The molecule has 0 amide bonds. The summed E-state index contributed by atoms with van der Waals surface area (Å²) in [5.74, 6) is -5.13. The van der Waals surface area contributed by atoms with Crippen molar-refractivity contribution in [2.75, 3.05) is 11.9 Å². The van der Waals surface area contributed by atoms with Gasteiger partial charge < -0.3 is 0 Å². The molecule has 3 nitrogen and oxygen atoms in total. The molecule has 0 aliphatic rings. The Morgan fingerprint density at radius 1 is 1.00 bits per heavy atom. The monoisotopic (exact) mass is 363 g/mol. The molecule has 0 aliphatic carbocycles. The third kappa shape index (κ3) is 3.55. The molecule has 1 atom stereocenters. The van der Waals surface area contributed by atoms with Crippen molar-refractivity contribution >= 4 is 16.5 Å². The Labute approximate surface area is 141 Å². The summed E-state index contributed by atoms with van der Waals surface area (Å²) in [6.07, 6.45) is 1.01. The van der Waals surface area contributed by atoms with Gasteiger partial charge in [-0.05, 0) is 35.8 Å². The fourth-order valence-electron chi connectivity index (χ4n) is 3.03. The Morgan fingerprint density at radius 3 is 2.20 bits per heavy atom. The van der Waals surface area contributed by atoms with Gasteiger partial charge in [-0.3, -0.25) is 14.8 Å². The number of halogens is 5. The zero-order valence-corrected chi connectivity index (χ0v) is 13.5. The molecule has 2 aromatic rings. The zero-order valence-electron chi connectivity index (χ0n) is 13.5. The lowest BCUT2D eigenvalue weighted by atomic mass is 9.89. The fourth-order valence-corrected chi connectivity index (χ4v) is 3.03. The summed E-state index contributed by atoms with van der Waals surface area (Å²) < 4.78 is 69.4. The van der Waals surface area contributed by atoms with Crippen LogP contribution in [0.1, 0.15) is 30.9 Å². The number of hydrogen-bond acceptors (Lipinski definition) is 3. The highest BCUT2D eigenvalue weighted by molar-refractivity contribution is 5.91. The maximum Gasteiger partial charge on any atom is 0.170 e. The zero-order chi connectivity index (χ0) is 18.7. The summed E-state index contributed by atoms with van der Waals surface area (Å²) in [7, 11) is 0. The predicted octanol–water partition coefficient (Wildman–Crippen LogP) is 5.24. The van der Waals surface area contributed by atoms with Crippen LogP contribution in [-0.2, 0) is 13.1 Å². The summed E-state index contributed by atoms with van der Waals surface area (Å²) in [4.78, 5) is 0. The topological polar surface area (TPSA) is 43.7 Å². The van der Waals surface area contributed by atoms with E-state index in [0.29, 0.717) is 12.8 Å². The molecule has 0 aromatic heterocycles. The number of alkyl halides is 2. The summed E-state index contributed by atoms with van der Waals surface area (Å²) >= 11 is 0. The van der Waals surface area contributed by atoms with Gasteiger partial charge in [-0.1, -0.05) is 19.4 Å². The third-order valence-electron chi connectivity index (χ3n) is 4.25. The molecule has 2 N–H and O–H groups in total. The summed E-state index contributed by atoms with van der Waals surface area (Å²) in [5, 5.41) is 16.4. The Balaban J connectivity index is 2.78. The van der Waals surface area contributed by atoms with E-state index in [1.807, 2.05) is 6.92 Å². The minimum absolute atomic E-state index is 0.0135. The van der Waals surface area contributed by atoms with Crippen LogP contribution in [0.25, 0.3) is 10.8 Å². The van der Waals surface area contributed by atoms with Crippen molar-refractivity contribution in [1.29, 1.82) is 0 Å². The molecular formula is C17H18F5NO2. The smallest absolute Gasteiger partial charge is 0.170 e. The SMILES string of the molecule is CCCC(CF)Cc1c(CF)c(F)c(F)c2c(F)c(N(O)O)ccc12. The molecule has 0 radical (unpaired) electrons. The number of rotatable bonds is 7. The first-order valence-corrected chi connectivity index (χ1v) is 7.77.